The van der Waals surface area contributed by atoms with Crippen LogP contribution in [0, 0.1) is 0 Å². The zero-order valence-electron chi connectivity index (χ0n) is 17.7. The Bertz CT molecular complexity index is 1110. The van der Waals surface area contributed by atoms with E-state index in [0.717, 1.165) is 16.0 Å². The third-order valence-corrected chi connectivity index (χ3v) is 6.07. The lowest BCUT2D eigenvalue weighted by Gasteiger charge is -2.24. The molecule has 3 aromatic carbocycles. The monoisotopic (exact) mass is 445 g/mol. The Morgan fingerprint density at radius 1 is 0.875 bits per heavy atom. The topological polar surface area (TPSA) is 63.7 Å². The van der Waals surface area contributed by atoms with Crippen molar-refractivity contribution >= 4 is 29.5 Å². The summed E-state index contributed by atoms with van der Waals surface area (Å²) in [4.78, 5) is 40.3. The van der Waals surface area contributed by atoms with E-state index >= 15 is 0 Å². The molecule has 2 amide bonds. The first kappa shape index (κ1) is 21.8. The number of ether oxygens (including phenoxy) is 1. The third kappa shape index (κ3) is 4.46. The van der Waals surface area contributed by atoms with Crippen molar-refractivity contribution in [2.45, 2.75) is 18.9 Å². The molecule has 0 fully saturated rings. The van der Waals surface area contributed by atoms with Gasteiger partial charge < -0.3 is 4.74 Å². The van der Waals surface area contributed by atoms with Gasteiger partial charge >= 0.3 is 5.97 Å². The van der Waals surface area contributed by atoms with Crippen LogP contribution in [0.1, 0.15) is 38.3 Å². The molecule has 4 rings (SSSR count). The van der Waals surface area contributed by atoms with Crippen molar-refractivity contribution in [1.29, 1.82) is 0 Å². The Balaban J connectivity index is 1.59. The van der Waals surface area contributed by atoms with Crippen LogP contribution in [-0.4, -0.2) is 40.7 Å². The highest BCUT2D eigenvalue weighted by Gasteiger charge is 2.43. The molecule has 0 unspecified atom stereocenters. The fourth-order valence-electron chi connectivity index (χ4n) is 3.81. The number of fused-ring (bicyclic) bond motifs is 1. The number of carbonyl (C=O) groups is 3. The Morgan fingerprint density at radius 3 is 2.12 bits per heavy atom. The normalized spacial score (nSPS) is 13.7. The molecule has 1 atom stereocenters. The molecular weight excluding hydrogens is 422 g/mol. The minimum atomic E-state index is -0.986. The van der Waals surface area contributed by atoms with Gasteiger partial charge in [0, 0.05) is 6.42 Å². The predicted molar refractivity (Wildman–Crippen MR) is 125 cm³/mol. The summed E-state index contributed by atoms with van der Waals surface area (Å²) < 4.78 is 5.79. The maximum Gasteiger partial charge on any atom is 0.334 e. The SMILES string of the molecule is CSCC[C@@H](C(=O)Oc1ccccc1Cc1ccccc1)N1C(=O)c2ccccc2C1=O. The van der Waals surface area contributed by atoms with Crippen molar-refractivity contribution in [2.24, 2.45) is 0 Å². The fraction of sp³-hybridized carbons (Fsp3) is 0.192. The van der Waals surface area contributed by atoms with Crippen LogP contribution in [0.2, 0.25) is 0 Å². The molecule has 3 aromatic rings. The van der Waals surface area contributed by atoms with Crippen LogP contribution < -0.4 is 4.74 Å². The van der Waals surface area contributed by atoms with Crippen molar-refractivity contribution in [3.8, 4) is 5.75 Å². The van der Waals surface area contributed by atoms with Crippen molar-refractivity contribution in [1.82, 2.24) is 4.90 Å². The summed E-state index contributed by atoms with van der Waals surface area (Å²) >= 11 is 1.55. The zero-order valence-corrected chi connectivity index (χ0v) is 18.5. The number of benzene rings is 3. The van der Waals surface area contributed by atoms with E-state index in [4.69, 9.17) is 4.74 Å². The molecule has 0 aromatic heterocycles. The van der Waals surface area contributed by atoms with E-state index in [1.165, 1.54) is 0 Å². The minimum absolute atomic E-state index is 0.323. The van der Waals surface area contributed by atoms with Gasteiger partial charge in [0.25, 0.3) is 11.8 Å². The van der Waals surface area contributed by atoms with E-state index in [-0.39, 0.29) is 0 Å². The molecule has 0 N–H and O–H groups in total. The van der Waals surface area contributed by atoms with Crippen LogP contribution in [0.4, 0.5) is 0 Å². The Hall–Kier alpha value is -3.38. The van der Waals surface area contributed by atoms with E-state index in [1.54, 1.807) is 48.2 Å². The molecule has 6 heteroatoms. The molecule has 1 aliphatic heterocycles. The average Bonchev–Trinajstić information content (AvgIpc) is 3.07. The second kappa shape index (κ2) is 9.83. The van der Waals surface area contributed by atoms with Crippen molar-refractivity contribution in [2.75, 3.05) is 12.0 Å². The number of nitrogens with zero attached hydrogens (tertiary/aromatic N) is 1. The van der Waals surface area contributed by atoms with Gasteiger partial charge in [-0.1, -0.05) is 60.7 Å². The smallest absolute Gasteiger partial charge is 0.334 e. The number of rotatable bonds is 8. The van der Waals surface area contributed by atoms with E-state index in [0.29, 0.717) is 35.5 Å². The van der Waals surface area contributed by atoms with Gasteiger partial charge in [-0.25, -0.2) is 4.79 Å². The molecule has 0 radical (unpaired) electrons. The van der Waals surface area contributed by atoms with Gasteiger partial charge in [-0.15, -0.1) is 0 Å². The van der Waals surface area contributed by atoms with Crippen molar-refractivity contribution in [3.63, 3.8) is 0 Å². The third-order valence-electron chi connectivity index (χ3n) is 5.43. The number of para-hydroxylation sites is 1. The first-order valence-electron chi connectivity index (χ1n) is 10.4. The van der Waals surface area contributed by atoms with Crippen LogP contribution in [0.5, 0.6) is 5.75 Å². The maximum atomic E-state index is 13.3. The molecule has 5 nitrogen and oxygen atoms in total. The predicted octanol–water partition coefficient (Wildman–Crippen LogP) is 4.60. The molecular formula is C26H23NO4S. The Kier molecular flexibility index (Phi) is 6.71. The molecule has 1 aliphatic rings. The largest absolute Gasteiger partial charge is 0.425 e. The lowest BCUT2D eigenvalue weighted by molar-refractivity contribution is -0.138. The minimum Gasteiger partial charge on any atom is -0.425 e. The summed E-state index contributed by atoms with van der Waals surface area (Å²) in [5.41, 5.74) is 2.60. The first-order chi connectivity index (χ1) is 15.6. The molecule has 0 saturated carbocycles. The number of thioether (sulfide) groups is 1. The van der Waals surface area contributed by atoms with Crippen LogP contribution in [-0.2, 0) is 11.2 Å². The summed E-state index contributed by atoms with van der Waals surface area (Å²) in [6.07, 6.45) is 2.85. The molecule has 0 bridgehead atoms. The fourth-order valence-corrected chi connectivity index (χ4v) is 4.27. The van der Waals surface area contributed by atoms with Gasteiger partial charge in [0.2, 0.25) is 0 Å². The van der Waals surface area contributed by atoms with Gasteiger partial charge in [0.1, 0.15) is 11.8 Å². The van der Waals surface area contributed by atoms with Gasteiger partial charge in [0.15, 0.2) is 0 Å². The molecule has 32 heavy (non-hydrogen) atoms. The van der Waals surface area contributed by atoms with Gasteiger partial charge in [-0.2, -0.15) is 11.8 Å². The summed E-state index contributed by atoms with van der Waals surface area (Å²) in [5.74, 6) is -0.461. The zero-order chi connectivity index (χ0) is 22.5. The van der Waals surface area contributed by atoms with Crippen LogP contribution in [0.15, 0.2) is 78.9 Å². The summed E-state index contributed by atoms with van der Waals surface area (Å²) in [6, 6.07) is 22.9. The quantitative estimate of drug-likeness (QED) is 0.288. The number of hydrogen-bond acceptors (Lipinski definition) is 5. The lowest BCUT2D eigenvalue weighted by Crippen LogP contribution is -2.47. The van der Waals surface area contributed by atoms with Gasteiger partial charge in [-0.3, -0.25) is 14.5 Å². The van der Waals surface area contributed by atoms with E-state index in [1.807, 2.05) is 48.7 Å². The van der Waals surface area contributed by atoms with E-state index in [2.05, 4.69) is 0 Å². The standard InChI is InChI=1S/C26H23NO4S/c1-32-16-15-22(27-24(28)20-12-6-7-13-21(20)25(27)29)26(30)31-23-14-8-5-11-19(23)17-18-9-3-2-4-10-18/h2-14,22H,15-17H2,1H3/t22-/m0/s1. The molecule has 0 saturated heterocycles. The van der Waals surface area contributed by atoms with Crippen LogP contribution in [0.3, 0.4) is 0 Å². The lowest BCUT2D eigenvalue weighted by atomic mass is 10.0. The van der Waals surface area contributed by atoms with Crippen molar-refractivity contribution < 1.29 is 19.1 Å². The molecule has 0 spiro atoms. The summed E-state index contributed by atoms with van der Waals surface area (Å²) in [5, 5.41) is 0. The second-order valence-electron chi connectivity index (χ2n) is 7.51. The summed E-state index contributed by atoms with van der Waals surface area (Å²) in [6.45, 7) is 0. The van der Waals surface area contributed by atoms with Crippen LogP contribution in [0.25, 0.3) is 0 Å². The maximum absolute atomic E-state index is 13.3. The number of carbonyl (C=O) groups excluding carboxylic acids is 3. The summed E-state index contributed by atoms with van der Waals surface area (Å²) in [7, 11) is 0. The Morgan fingerprint density at radius 2 is 1.47 bits per heavy atom. The highest BCUT2D eigenvalue weighted by atomic mass is 32.2. The number of imide groups is 1. The second-order valence-corrected chi connectivity index (χ2v) is 8.50. The molecule has 1 heterocycles. The molecule has 162 valence electrons. The molecule has 0 aliphatic carbocycles. The van der Waals surface area contributed by atoms with E-state index in [9.17, 15) is 14.4 Å². The number of amides is 2. The number of hydrogen-bond donors (Lipinski definition) is 0. The number of esters is 1. The average molecular weight is 446 g/mol. The van der Waals surface area contributed by atoms with Gasteiger partial charge in [0.05, 0.1) is 11.1 Å². The van der Waals surface area contributed by atoms with Crippen molar-refractivity contribution in [3.05, 3.63) is 101 Å². The highest BCUT2D eigenvalue weighted by molar-refractivity contribution is 7.98. The Labute approximate surface area is 191 Å². The first-order valence-corrected chi connectivity index (χ1v) is 11.8. The van der Waals surface area contributed by atoms with E-state index < -0.39 is 23.8 Å². The highest BCUT2D eigenvalue weighted by Crippen LogP contribution is 2.28. The van der Waals surface area contributed by atoms with Crippen LogP contribution >= 0.6 is 11.8 Å². The van der Waals surface area contributed by atoms with Gasteiger partial charge in [-0.05, 0) is 47.8 Å².